The summed E-state index contributed by atoms with van der Waals surface area (Å²) < 4.78 is 5.48. The Morgan fingerprint density at radius 2 is 1.69 bits per heavy atom. The fraction of sp³-hybridized carbons (Fsp3) is 0.611. The smallest absolute Gasteiger partial charge is 0.258 e. The summed E-state index contributed by atoms with van der Waals surface area (Å²) in [7, 11) is 0. The van der Waals surface area contributed by atoms with Crippen molar-refractivity contribution in [3.63, 3.8) is 0 Å². The van der Waals surface area contributed by atoms with Gasteiger partial charge in [-0.15, -0.1) is 24.8 Å². The van der Waals surface area contributed by atoms with E-state index < -0.39 is 0 Å². The molecule has 0 fully saturated rings. The number of hydrogen-bond donors (Lipinski definition) is 4. The molecule has 4 N–H and O–H groups in total. The van der Waals surface area contributed by atoms with E-state index in [1.807, 2.05) is 45.0 Å². The van der Waals surface area contributed by atoms with E-state index in [0.717, 1.165) is 25.2 Å². The third-order valence-electron chi connectivity index (χ3n) is 3.06. The minimum absolute atomic E-state index is 0. The molecular weight excluding hydrogens is 377 g/mol. The van der Waals surface area contributed by atoms with Gasteiger partial charge < -0.3 is 25.8 Å². The zero-order valence-corrected chi connectivity index (χ0v) is 17.6. The van der Waals surface area contributed by atoms with Gasteiger partial charge in [-0.2, -0.15) is 0 Å². The quantitative estimate of drug-likeness (QED) is 0.443. The van der Waals surface area contributed by atoms with Gasteiger partial charge in [-0.05, 0) is 45.4 Å². The number of nitrogens with one attached hydrogen (secondary N) is 3. The molecular formula is C18H33Cl2N3O3. The summed E-state index contributed by atoms with van der Waals surface area (Å²) in [6.45, 7) is 10.6. The van der Waals surface area contributed by atoms with Crippen molar-refractivity contribution >= 4 is 30.7 Å². The number of halogens is 2. The van der Waals surface area contributed by atoms with Crippen LogP contribution >= 0.6 is 24.8 Å². The number of aliphatic hydroxyl groups is 1. The van der Waals surface area contributed by atoms with Crippen LogP contribution in [0.25, 0.3) is 0 Å². The maximum absolute atomic E-state index is 11.7. The monoisotopic (exact) mass is 409 g/mol. The van der Waals surface area contributed by atoms with Gasteiger partial charge in [-0.3, -0.25) is 4.79 Å². The Morgan fingerprint density at radius 1 is 1.12 bits per heavy atom. The number of carbonyl (C=O) groups is 1. The van der Waals surface area contributed by atoms with Crippen LogP contribution in [0.5, 0.6) is 5.75 Å². The standard InChI is InChI=1S/C18H31N3O3.2ClH/c1-14(22)11-19-9-10-20-12-15-5-7-16(8-6-15)24-13-17(23)21-18(2,3)4;;/h5-8,14,19-20,22H,9-13H2,1-4H3,(H,21,23);2*1H. The number of ether oxygens (including phenoxy) is 1. The molecule has 1 aromatic carbocycles. The molecule has 0 radical (unpaired) electrons. The van der Waals surface area contributed by atoms with Crippen molar-refractivity contribution in [3.8, 4) is 5.75 Å². The molecule has 1 amide bonds. The molecule has 8 heteroatoms. The Balaban J connectivity index is 0. The summed E-state index contributed by atoms with van der Waals surface area (Å²) in [5, 5.41) is 18.5. The van der Waals surface area contributed by atoms with Gasteiger partial charge in [-0.25, -0.2) is 0 Å². The molecule has 26 heavy (non-hydrogen) atoms. The van der Waals surface area contributed by atoms with Crippen molar-refractivity contribution < 1.29 is 14.6 Å². The summed E-state index contributed by atoms with van der Waals surface area (Å²) in [5.74, 6) is 0.555. The van der Waals surface area contributed by atoms with E-state index in [9.17, 15) is 4.79 Å². The highest BCUT2D eigenvalue weighted by Crippen LogP contribution is 2.12. The first-order valence-corrected chi connectivity index (χ1v) is 8.38. The zero-order chi connectivity index (χ0) is 18.0. The second kappa shape index (κ2) is 14.1. The lowest BCUT2D eigenvalue weighted by atomic mass is 10.1. The zero-order valence-electron chi connectivity index (χ0n) is 16.0. The predicted molar refractivity (Wildman–Crippen MR) is 111 cm³/mol. The second-order valence-corrected chi connectivity index (χ2v) is 6.96. The molecule has 0 aliphatic rings. The van der Waals surface area contributed by atoms with Gasteiger partial charge in [0.1, 0.15) is 5.75 Å². The number of carbonyl (C=O) groups excluding carboxylic acids is 1. The van der Waals surface area contributed by atoms with Gasteiger partial charge in [0, 0.05) is 31.7 Å². The predicted octanol–water partition coefficient (Wildman–Crippen LogP) is 1.88. The van der Waals surface area contributed by atoms with Gasteiger partial charge in [0.05, 0.1) is 6.10 Å². The third kappa shape index (κ3) is 14.2. The van der Waals surface area contributed by atoms with Crippen LogP contribution in [-0.4, -0.2) is 48.9 Å². The lowest BCUT2D eigenvalue weighted by Gasteiger charge is -2.20. The molecule has 6 nitrogen and oxygen atoms in total. The lowest BCUT2D eigenvalue weighted by Crippen LogP contribution is -2.43. The van der Waals surface area contributed by atoms with Crippen molar-refractivity contribution in [1.82, 2.24) is 16.0 Å². The Morgan fingerprint density at radius 3 is 2.23 bits per heavy atom. The number of benzene rings is 1. The van der Waals surface area contributed by atoms with E-state index in [1.54, 1.807) is 6.92 Å². The first kappa shape index (κ1) is 27.2. The highest BCUT2D eigenvalue weighted by Gasteiger charge is 2.13. The van der Waals surface area contributed by atoms with E-state index in [1.165, 1.54) is 0 Å². The Hall–Kier alpha value is -1.05. The molecule has 0 heterocycles. The molecule has 0 aliphatic carbocycles. The highest BCUT2D eigenvalue weighted by atomic mass is 35.5. The number of amides is 1. The molecule has 1 atom stereocenters. The molecule has 152 valence electrons. The second-order valence-electron chi connectivity index (χ2n) is 6.96. The summed E-state index contributed by atoms with van der Waals surface area (Å²) in [6, 6.07) is 7.70. The van der Waals surface area contributed by atoms with Crippen LogP contribution in [-0.2, 0) is 11.3 Å². The molecule has 1 rings (SSSR count). The van der Waals surface area contributed by atoms with E-state index in [0.29, 0.717) is 12.3 Å². The SMILES string of the molecule is CC(O)CNCCNCc1ccc(OCC(=O)NC(C)(C)C)cc1.Cl.Cl. The average Bonchev–Trinajstić information content (AvgIpc) is 2.48. The third-order valence-corrected chi connectivity index (χ3v) is 3.06. The van der Waals surface area contributed by atoms with Crippen molar-refractivity contribution in [2.75, 3.05) is 26.2 Å². The maximum atomic E-state index is 11.7. The lowest BCUT2D eigenvalue weighted by molar-refractivity contribution is -0.124. The van der Waals surface area contributed by atoms with Gasteiger partial charge in [0.25, 0.3) is 5.91 Å². The molecule has 0 saturated carbocycles. The molecule has 0 aromatic heterocycles. The molecule has 0 aliphatic heterocycles. The van der Waals surface area contributed by atoms with Crippen molar-refractivity contribution in [3.05, 3.63) is 29.8 Å². The van der Waals surface area contributed by atoms with E-state index in [2.05, 4.69) is 16.0 Å². The van der Waals surface area contributed by atoms with Crippen molar-refractivity contribution in [2.24, 2.45) is 0 Å². The normalized spacial score (nSPS) is 11.7. The van der Waals surface area contributed by atoms with Crippen LogP contribution in [0.3, 0.4) is 0 Å². The average molecular weight is 410 g/mol. The minimum atomic E-state index is -0.317. The number of hydrogen-bond acceptors (Lipinski definition) is 5. The Labute approximate surface area is 169 Å². The molecule has 1 unspecified atom stereocenters. The summed E-state index contributed by atoms with van der Waals surface area (Å²) in [6.07, 6.45) is -0.317. The topological polar surface area (TPSA) is 82.6 Å². The van der Waals surface area contributed by atoms with Crippen LogP contribution < -0.4 is 20.7 Å². The minimum Gasteiger partial charge on any atom is -0.484 e. The fourth-order valence-electron chi connectivity index (χ4n) is 2.03. The fourth-order valence-corrected chi connectivity index (χ4v) is 2.03. The van der Waals surface area contributed by atoms with E-state index >= 15 is 0 Å². The van der Waals surface area contributed by atoms with Crippen LogP contribution in [0, 0.1) is 0 Å². The van der Waals surface area contributed by atoms with Crippen LogP contribution in [0.4, 0.5) is 0 Å². The van der Waals surface area contributed by atoms with E-state index in [4.69, 9.17) is 9.84 Å². The van der Waals surface area contributed by atoms with Gasteiger partial charge in [0.2, 0.25) is 0 Å². The van der Waals surface area contributed by atoms with Gasteiger partial charge in [0.15, 0.2) is 6.61 Å². The molecule has 1 aromatic rings. The number of aliphatic hydroxyl groups excluding tert-OH is 1. The largest absolute Gasteiger partial charge is 0.484 e. The first-order chi connectivity index (χ1) is 11.3. The van der Waals surface area contributed by atoms with Crippen LogP contribution in [0.1, 0.15) is 33.3 Å². The maximum Gasteiger partial charge on any atom is 0.258 e. The van der Waals surface area contributed by atoms with Gasteiger partial charge >= 0.3 is 0 Å². The molecule has 0 spiro atoms. The van der Waals surface area contributed by atoms with Gasteiger partial charge in [-0.1, -0.05) is 12.1 Å². The van der Waals surface area contributed by atoms with E-state index in [-0.39, 0.29) is 49.0 Å². The van der Waals surface area contributed by atoms with Crippen molar-refractivity contribution in [2.45, 2.75) is 45.9 Å². The van der Waals surface area contributed by atoms with Crippen molar-refractivity contribution in [1.29, 1.82) is 0 Å². The summed E-state index contributed by atoms with van der Waals surface area (Å²) in [5.41, 5.74) is 0.900. The Kier molecular flexibility index (Phi) is 14.7. The van der Waals surface area contributed by atoms with Crippen LogP contribution in [0.2, 0.25) is 0 Å². The molecule has 0 saturated heterocycles. The summed E-state index contributed by atoms with van der Waals surface area (Å²) in [4.78, 5) is 11.7. The Bertz CT molecular complexity index is 491. The highest BCUT2D eigenvalue weighted by molar-refractivity contribution is 5.85. The first-order valence-electron chi connectivity index (χ1n) is 8.38. The molecule has 0 bridgehead atoms. The number of rotatable bonds is 10. The summed E-state index contributed by atoms with van der Waals surface area (Å²) >= 11 is 0. The van der Waals surface area contributed by atoms with Crippen LogP contribution in [0.15, 0.2) is 24.3 Å².